The molecule has 0 bridgehead atoms. The zero-order valence-electron chi connectivity index (χ0n) is 20.2. The van der Waals surface area contributed by atoms with E-state index in [-0.39, 0.29) is 24.7 Å². The van der Waals surface area contributed by atoms with Gasteiger partial charge in [0, 0.05) is 44.9 Å². The molecule has 0 aromatic heterocycles. The Morgan fingerprint density at radius 1 is 1.14 bits per heavy atom. The first-order valence-corrected chi connectivity index (χ1v) is 12.2. The van der Waals surface area contributed by atoms with Crippen LogP contribution < -0.4 is 10.1 Å². The Hall–Kier alpha value is -3.63. The fourth-order valence-corrected chi connectivity index (χ4v) is 4.44. The Labute approximate surface area is 207 Å². The van der Waals surface area contributed by atoms with Crippen LogP contribution in [0, 0.1) is 17.2 Å². The third kappa shape index (κ3) is 6.49. The summed E-state index contributed by atoms with van der Waals surface area (Å²) in [6, 6.07) is 7.98. The van der Waals surface area contributed by atoms with E-state index in [4.69, 9.17) is 4.74 Å². The van der Waals surface area contributed by atoms with Crippen LogP contribution in [0.5, 0.6) is 5.75 Å². The molecule has 1 aromatic rings. The van der Waals surface area contributed by atoms with Crippen LogP contribution in [0.15, 0.2) is 60.4 Å². The number of nitriles is 1. The van der Waals surface area contributed by atoms with Gasteiger partial charge < -0.3 is 19.9 Å². The Morgan fingerprint density at radius 2 is 1.97 bits per heavy atom. The maximum atomic E-state index is 12.6. The van der Waals surface area contributed by atoms with Crippen LogP contribution in [0.4, 0.5) is 0 Å². The summed E-state index contributed by atoms with van der Waals surface area (Å²) in [5, 5.41) is 12.8. The Morgan fingerprint density at radius 3 is 2.71 bits per heavy atom. The van der Waals surface area contributed by atoms with Crippen LogP contribution in [0.2, 0.25) is 0 Å². The number of piperazine rings is 1. The van der Waals surface area contributed by atoms with Crippen molar-refractivity contribution >= 4 is 17.4 Å². The molecule has 4 rings (SSSR count). The highest BCUT2D eigenvalue weighted by Gasteiger charge is 2.21. The second-order valence-electron chi connectivity index (χ2n) is 9.18. The van der Waals surface area contributed by atoms with Crippen LogP contribution >= 0.6 is 0 Å². The Bertz CT molecular complexity index is 1120. The number of carbonyl (C=O) groups is 2. The van der Waals surface area contributed by atoms with E-state index in [2.05, 4.69) is 28.4 Å². The molecular formula is C28H32N4O3. The molecule has 7 nitrogen and oxygen atoms in total. The summed E-state index contributed by atoms with van der Waals surface area (Å²) in [6.45, 7) is 3.69. The number of ether oxygens (including phenoxy) is 1. The standard InChI is InChI=1S/C28H32N4O3/c1-31-14-16-32(17-15-31)28(34)13-12-27(33)30-26-9-5-8-22-18-23(10-11-24(22)25(26)19-29)35-20-21-6-3-2-4-7-21/h2-6,9-11,18,21H,7-8,12-17,20H2,1H3,(H,30,33). The lowest BCUT2D eigenvalue weighted by atomic mass is 9.98. The van der Waals surface area contributed by atoms with Crippen molar-refractivity contribution in [3.8, 4) is 11.8 Å². The molecule has 1 aromatic carbocycles. The Kier molecular flexibility index (Phi) is 8.17. The van der Waals surface area contributed by atoms with Crippen LogP contribution in [-0.4, -0.2) is 61.4 Å². The fraction of sp³-hybridized carbons (Fsp3) is 0.393. The number of carbonyl (C=O) groups excluding carboxylic acids is 2. The minimum absolute atomic E-state index is 0.00300. The van der Waals surface area contributed by atoms with E-state index in [1.807, 2.05) is 48.4 Å². The number of hydrogen-bond acceptors (Lipinski definition) is 5. The highest BCUT2D eigenvalue weighted by Crippen LogP contribution is 2.29. The molecule has 182 valence electrons. The van der Waals surface area contributed by atoms with Crippen LogP contribution in [0.1, 0.15) is 30.4 Å². The minimum atomic E-state index is -0.266. The van der Waals surface area contributed by atoms with Gasteiger partial charge in [0.1, 0.15) is 11.8 Å². The molecule has 7 heteroatoms. The largest absolute Gasteiger partial charge is 0.493 e. The first-order valence-electron chi connectivity index (χ1n) is 12.2. The minimum Gasteiger partial charge on any atom is -0.493 e. The van der Waals surface area contributed by atoms with Crippen LogP contribution in [-0.2, 0) is 16.0 Å². The van der Waals surface area contributed by atoms with Crippen molar-refractivity contribution in [2.45, 2.75) is 25.7 Å². The molecule has 0 spiro atoms. The molecule has 1 aliphatic heterocycles. The molecule has 1 N–H and O–H groups in total. The summed E-state index contributed by atoms with van der Waals surface area (Å²) in [5.41, 5.74) is 2.65. The number of fused-ring (bicyclic) bond motifs is 1. The number of likely N-dealkylation sites (N-methyl/N-ethyl adjacent to an activating group) is 1. The van der Waals surface area contributed by atoms with Crippen molar-refractivity contribution in [2.75, 3.05) is 39.8 Å². The van der Waals surface area contributed by atoms with E-state index >= 15 is 0 Å². The molecule has 0 saturated carbocycles. The van der Waals surface area contributed by atoms with Crippen molar-refractivity contribution in [3.05, 3.63) is 71.5 Å². The van der Waals surface area contributed by atoms with Gasteiger partial charge in [0.2, 0.25) is 11.8 Å². The smallest absolute Gasteiger partial charge is 0.224 e. The van der Waals surface area contributed by atoms with E-state index in [1.54, 1.807) is 6.08 Å². The molecule has 3 aliphatic rings. The van der Waals surface area contributed by atoms with Crippen molar-refractivity contribution in [3.63, 3.8) is 0 Å². The van der Waals surface area contributed by atoms with Gasteiger partial charge in [-0.1, -0.05) is 30.4 Å². The molecule has 35 heavy (non-hydrogen) atoms. The fourth-order valence-electron chi connectivity index (χ4n) is 4.44. The summed E-state index contributed by atoms with van der Waals surface area (Å²) < 4.78 is 6.01. The van der Waals surface area contributed by atoms with E-state index in [0.29, 0.717) is 43.3 Å². The van der Waals surface area contributed by atoms with Crippen molar-refractivity contribution in [2.24, 2.45) is 5.92 Å². The molecule has 1 heterocycles. The molecule has 1 saturated heterocycles. The highest BCUT2D eigenvalue weighted by molar-refractivity contribution is 5.90. The van der Waals surface area contributed by atoms with Gasteiger partial charge in [0.15, 0.2) is 0 Å². The first-order chi connectivity index (χ1) is 17.0. The van der Waals surface area contributed by atoms with Crippen molar-refractivity contribution < 1.29 is 14.3 Å². The third-order valence-electron chi connectivity index (χ3n) is 6.58. The van der Waals surface area contributed by atoms with E-state index in [9.17, 15) is 14.9 Å². The second-order valence-corrected chi connectivity index (χ2v) is 9.18. The number of amides is 2. The molecule has 2 aliphatic carbocycles. The zero-order chi connectivity index (χ0) is 24.6. The summed E-state index contributed by atoms with van der Waals surface area (Å²) in [4.78, 5) is 29.1. The van der Waals surface area contributed by atoms with Crippen LogP contribution in [0.25, 0.3) is 5.57 Å². The molecule has 0 radical (unpaired) electrons. The molecule has 1 fully saturated rings. The van der Waals surface area contributed by atoms with Crippen molar-refractivity contribution in [1.29, 1.82) is 5.26 Å². The number of allylic oxidation sites excluding steroid dienone is 6. The average Bonchev–Trinajstić information content (AvgIpc) is 3.05. The van der Waals surface area contributed by atoms with Gasteiger partial charge >= 0.3 is 0 Å². The Balaban J connectivity index is 1.38. The third-order valence-corrected chi connectivity index (χ3v) is 6.58. The lowest BCUT2D eigenvalue weighted by Crippen LogP contribution is -2.47. The quantitative estimate of drug-likeness (QED) is 0.659. The van der Waals surface area contributed by atoms with Gasteiger partial charge in [-0.25, -0.2) is 0 Å². The predicted octanol–water partition coefficient (Wildman–Crippen LogP) is 3.22. The van der Waals surface area contributed by atoms with Gasteiger partial charge in [-0.3, -0.25) is 9.59 Å². The summed E-state index contributed by atoms with van der Waals surface area (Å²) in [7, 11) is 2.04. The summed E-state index contributed by atoms with van der Waals surface area (Å²) in [5.74, 6) is 0.861. The lowest BCUT2D eigenvalue weighted by molar-refractivity contribution is -0.134. The maximum absolute atomic E-state index is 12.6. The van der Waals surface area contributed by atoms with Gasteiger partial charge in [-0.15, -0.1) is 0 Å². The van der Waals surface area contributed by atoms with E-state index in [0.717, 1.165) is 36.4 Å². The highest BCUT2D eigenvalue weighted by atomic mass is 16.5. The second kappa shape index (κ2) is 11.7. The number of benzene rings is 1. The van der Waals surface area contributed by atoms with Crippen molar-refractivity contribution in [1.82, 2.24) is 15.1 Å². The van der Waals surface area contributed by atoms with Gasteiger partial charge in [-0.2, -0.15) is 5.26 Å². The number of hydrogen-bond donors (Lipinski definition) is 1. The van der Waals surface area contributed by atoms with Gasteiger partial charge in [-0.05, 0) is 55.3 Å². The zero-order valence-corrected chi connectivity index (χ0v) is 20.2. The van der Waals surface area contributed by atoms with E-state index < -0.39 is 0 Å². The van der Waals surface area contributed by atoms with E-state index in [1.165, 1.54) is 0 Å². The predicted molar refractivity (Wildman–Crippen MR) is 135 cm³/mol. The molecule has 1 atom stereocenters. The SMILES string of the molecule is CN1CCN(C(=O)CCC(=O)NC2=C(C#N)c3ccc(OCC4C=CC=CC4)cc3CC=C2)CC1. The van der Waals surface area contributed by atoms with Gasteiger partial charge in [0.05, 0.1) is 17.9 Å². The number of nitrogens with zero attached hydrogens (tertiary/aromatic N) is 3. The molecule has 1 unspecified atom stereocenters. The summed E-state index contributed by atoms with van der Waals surface area (Å²) in [6.07, 6.45) is 13.9. The number of nitrogens with one attached hydrogen (secondary N) is 1. The molecular weight excluding hydrogens is 440 g/mol. The first kappa shape index (κ1) is 24.5. The average molecular weight is 473 g/mol. The number of rotatable bonds is 7. The molecule has 2 amide bonds. The summed E-state index contributed by atoms with van der Waals surface area (Å²) >= 11 is 0. The van der Waals surface area contributed by atoms with Crippen LogP contribution in [0.3, 0.4) is 0 Å². The lowest BCUT2D eigenvalue weighted by Gasteiger charge is -2.32. The topological polar surface area (TPSA) is 85.7 Å². The monoisotopic (exact) mass is 472 g/mol. The van der Waals surface area contributed by atoms with Gasteiger partial charge in [0.25, 0.3) is 0 Å². The normalized spacial score (nSPS) is 19.7. The maximum Gasteiger partial charge on any atom is 0.224 e.